The monoisotopic (exact) mass is 321 g/mol. The summed E-state index contributed by atoms with van der Waals surface area (Å²) in [5.41, 5.74) is 3.70. The van der Waals surface area contributed by atoms with Crippen LogP contribution in [-0.2, 0) is 0 Å². The number of anilines is 1. The second-order valence-corrected chi connectivity index (χ2v) is 6.11. The molecule has 24 heavy (non-hydrogen) atoms. The lowest BCUT2D eigenvalue weighted by Crippen LogP contribution is -2.24. The number of rotatable bonds is 3. The van der Waals surface area contributed by atoms with Crippen molar-refractivity contribution in [2.75, 3.05) is 11.4 Å². The van der Waals surface area contributed by atoms with Crippen LogP contribution in [0.3, 0.4) is 0 Å². The highest BCUT2D eigenvalue weighted by Gasteiger charge is 2.29. The van der Waals surface area contributed by atoms with Crippen LogP contribution < -0.4 is 4.90 Å². The van der Waals surface area contributed by atoms with Crippen molar-refractivity contribution in [1.29, 1.82) is 0 Å². The molecule has 1 aliphatic heterocycles. The minimum Gasteiger partial charge on any atom is -0.348 e. The Labute approximate surface area is 140 Å². The van der Waals surface area contributed by atoms with Crippen LogP contribution in [0.25, 0.3) is 11.5 Å². The Morgan fingerprint density at radius 1 is 1.12 bits per heavy atom. The van der Waals surface area contributed by atoms with Gasteiger partial charge in [-0.15, -0.1) is 0 Å². The van der Waals surface area contributed by atoms with E-state index in [-0.39, 0.29) is 6.04 Å². The van der Waals surface area contributed by atoms with Crippen molar-refractivity contribution in [3.63, 3.8) is 0 Å². The fourth-order valence-corrected chi connectivity index (χ4v) is 3.14. The lowest BCUT2D eigenvalue weighted by atomic mass is 10.1. The average molecular weight is 321 g/mol. The standard InChI is InChI=1S/C17H19N7/c1-11-6-16(21-10-20-11)24-5-3-4-15(24)13-8-18-9-14(23-13)17-19-7-12(2)22-17/h6-10,15H,3-5H2,1-2H3,(H,19,22). The highest BCUT2D eigenvalue weighted by Crippen LogP contribution is 2.34. The van der Waals surface area contributed by atoms with Crippen LogP contribution >= 0.6 is 0 Å². The van der Waals surface area contributed by atoms with Crippen molar-refractivity contribution >= 4 is 5.82 Å². The Kier molecular flexibility index (Phi) is 3.68. The van der Waals surface area contributed by atoms with E-state index >= 15 is 0 Å². The van der Waals surface area contributed by atoms with Crippen molar-refractivity contribution in [3.8, 4) is 11.5 Å². The van der Waals surface area contributed by atoms with Crippen molar-refractivity contribution in [1.82, 2.24) is 29.9 Å². The van der Waals surface area contributed by atoms with Crippen molar-refractivity contribution in [2.24, 2.45) is 0 Å². The molecule has 0 saturated carbocycles. The van der Waals surface area contributed by atoms with Gasteiger partial charge in [-0.3, -0.25) is 4.98 Å². The predicted molar refractivity (Wildman–Crippen MR) is 90.4 cm³/mol. The molecule has 1 unspecified atom stereocenters. The maximum Gasteiger partial charge on any atom is 0.157 e. The molecule has 0 bridgehead atoms. The van der Waals surface area contributed by atoms with E-state index in [4.69, 9.17) is 4.98 Å². The molecule has 122 valence electrons. The van der Waals surface area contributed by atoms with Crippen LogP contribution in [0.5, 0.6) is 0 Å². The van der Waals surface area contributed by atoms with Gasteiger partial charge in [-0.05, 0) is 26.7 Å². The van der Waals surface area contributed by atoms with Crippen LogP contribution in [0.2, 0.25) is 0 Å². The minimum absolute atomic E-state index is 0.183. The zero-order valence-corrected chi connectivity index (χ0v) is 13.8. The zero-order chi connectivity index (χ0) is 16.5. The molecule has 7 heteroatoms. The van der Waals surface area contributed by atoms with E-state index in [1.807, 2.05) is 26.1 Å². The summed E-state index contributed by atoms with van der Waals surface area (Å²) in [6.07, 6.45) is 9.16. The third kappa shape index (κ3) is 2.73. The van der Waals surface area contributed by atoms with Crippen LogP contribution in [-0.4, -0.2) is 36.4 Å². The second kappa shape index (κ2) is 5.99. The van der Waals surface area contributed by atoms with E-state index in [1.165, 1.54) is 0 Å². The maximum absolute atomic E-state index is 4.80. The van der Waals surface area contributed by atoms with Crippen LogP contribution in [0.4, 0.5) is 5.82 Å². The molecular weight excluding hydrogens is 302 g/mol. The Morgan fingerprint density at radius 3 is 2.83 bits per heavy atom. The van der Waals surface area contributed by atoms with Gasteiger partial charge in [0.05, 0.1) is 24.1 Å². The normalized spacial score (nSPS) is 17.4. The molecule has 3 aromatic rings. The molecule has 4 heterocycles. The van der Waals surface area contributed by atoms with Gasteiger partial charge in [0, 0.05) is 30.2 Å². The minimum atomic E-state index is 0.183. The number of nitrogens with one attached hydrogen (secondary N) is 1. The molecule has 0 aromatic carbocycles. The molecular formula is C17H19N7. The quantitative estimate of drug-likeness (QED) is 0.798. The van der Waals surface area contributed by atoms with Gasteiger partial charge in [-0.25, -0.2) is 19.9 Å². The van der Waals surface area contributed by atoms with Crippen molar-refractivity contribution in [2.45, 2.75) is 32.7 Å². The van der Waals surface area contributed by atoms with Gasteiger partial charge in [-0.2, -0.15) is 0 Å². The van der Waals surface area contributed by atoms with Gasteiger partial charge in [0.25, 0.3) is 0 Å². The van der Waals surface area contributed by atoms with E-state index < -0.39 is 0 Å². The highest BCUT2D eigenvalue weighted by atomic mass is 15.2. The summed E-state index contributed by atoms with van der Waals surface area (Å²) in [6, 6.07) is 2.20. The van der Waals surface area contributed by atoms with Crippen molar-refractivity contribution in [3.05, 3.63) is 48.1 Å². The smallest absolute Gasteiger partial charge is 0.157 e. The summed E-state index contributed by atoms with van der Waals surface area (Å²) in [5, 5.41) is 0. The van der Waals surface area contributed by atoms with Gasteiger partial charge < -0.3 is 9.88 Å². The number of hydrogen-bond donors (Lipinski definition) is 1. The fourth-order valence-electron chi connectivity index (χ4n) is 3.14. The highest BCUT2D eigenvalue weighted by molar-refractivity contribution is 5.49. The molecule has 0 radical (unpaired) electrons. The Bertz CT molecular complexity index is 857. The summed E-state index contributed by atoms with van der Waals surface area (Å²) in [7, 11) is 0. The Morgan fingerprint density at radius 2 is 2.04 bits per heavy atom. The first-order valence-corrected chi connectivity index (χ1v) is 8.10. The third-order valence-corrected chi connectivity index (χ3v) is 4.28. The molecule has 0 amide bonds. The van der Waals surface area contributed by atoms with Crippen molar-refractivity contribution < 1.29 is 0 Å². The summed E-state index contributed by atoms with van der Waals surface area (Å²) in [5.74, 6) is 1.70. The predicted octanol–water partition coefficient (Wildman–Crippen LogP) is 2.62. The molecule has 3 aromatic heterocycles. The molecule has 1 saturated heterocycles. The van der Waals surface area contributed by atoms with Gasteiger partial charge in [-0.1, -0.05) is 0 Å². The number of aryl methyl sites for hydroxylation is 2. The first-order valence-electron chi connectivity index (χ1n) is 8.10. The number of imidazole rings is 1. The molecule has 4 rings (SSSR count). The SMILES string of the molecule is Cc1cc(N2CCCC2c2cncc(-c3ncc(C)[nH]3)n2)ncn1. The van der Waals surface area contributed by atoms with E-state index in [0.717, 1.165) is 53.8 Å². The topological polar surface area (TPSA) is 83.5 Å². The number of aromatic amines is 1. The van der Waals surface area contributed by atoms with Gasteiger partial charge in [0.2, 0.25) is 0 Å². The van der Waals surface area contributed by atoms with E-state index in [9.17, 15) is 0 Å². The summed E-state index contributed by atoms with van der Waals surface area (Å²) in [6.45, 7) is 4.92. The number of hydrogen-bond acceptors (Lipinski definition) is 6. The Balaban J connectivity index is 1.67. The lowest BCUT2D eigenvalue weighted by molar-refractivity contribution is 0.682. The largest absolute Gasteiger partial charge is 0.348 e. The van der Waals surface area contributed by atoms with Gasteiger partial charge in [0.15, 0.2) is 5.82 Å². The molecule has 0 spiro atoms. The van der Waals surface area contributed by atoms with Crippen LogP contribution in [0.15, 0.2) is 31.0 Å². The fraction of sp³-hybridized carbons (Fsp3) is 0.353. The van der Waals surface area contributed by atoms with Gasteiger partial charge >= 0.3 is 0 Å². The maximum atomic E-state index is 4.80. The van der Waals surface area contributed by atoms with Crippen LogP contribution in [0.1, 0.15) is 36.0 Å². The molecule has 1 atom stereocenters. The molecule has 1 aliphatic rings. The average Bonchev–Trinajstić information content (AvgIpc) is 3.24. The lowest BCUT2D eigenvalue weighted by Gasteiger charge is -2.25. The summed E-state index contributed by atoms with van der Waals surface area (Å²) >= 11 is 0. The van der Waals surface area contributed by atoms with Gasteiger partial charge in [0.1, 0.15) is 17.8 Å². The molecule has 1 fully saturated rings. The van der Waals surface area contributed by atoms with E-state index in [1.54, 1.807) is 18.7 Å². The Hall–Kier alpha value is -2.83. The number of aromatic nitrogens is 6. The second-order valence-electron chi connectivity index (χ2n) is 6.11. The first-order chi connectivity index (χ1) is 11.7. The van der Waals surface area contributed by atoms with E-state index in [0.29, 0.717) is 0 Å². The molecule has 7 nitrogen and oxygen atoms in total. The zero-order valence-electron chi connectivity index (χ0n) is 13.8. The van der Waals surface area contributed by atoms with E-state index in [2.05, 4.69) is 29.8 Å². The third-order valence-electron chi connectivity index (χ3n) is 4.28. The number of H-pyrrole nitrogens is 1. The summed E-state index contributed by atoms with van der Waals surface area (Å²) in [4.78, 5) is 27.6. The van der Waals surface area contributed by atoms with Crippen LogP contribution in [0, 0.1) is 13.8 Å². The molecule has 1 N–H and O–H groups in total. The number of nitrogens with zero attached hydrogens (tertiary/aromatic N) is 6. The summed E-state index contributed by atoms with van der Waals surface area (Å²) < 4.78 is 0. The molecule has 0 aliphatic carbocycles. The first kappa shape index (κ1) is 14.7.